The van der Waals surface area contributed by atoms with Gasteiger partial charge in [-0.25, -0.2) is 0 Å². The van der Waals surface area contributed by atoms with E-state index in [1.807, 2.05) is 42.5 Å². The van der Waals surface area contributed by atoms with Gasteiger partial charge >= 0.3 is 0 Å². The van der Waals surface area contributed by atoms with Crippen molar-refractivity contribution in [3.8, 4) is 33.4 Å². The number of nitrogens with zero attached hydrogens (tertiary/aromatic N) is 1. The summed E-state index contributed by atoms with van der Waals surface area (Å²) in [5, 5.41) is 6.30. The SMILES string of the molecule is O=c1c2ccccc2oc2c(-c3cccc(-c4cccc(-c5ccc6c7ccccc7n7c8ccccc8c5c67)c4)c3)cccc12. The van der Waals surface area contributed by atoms with Gasteiger partial charge in [-0.1, -0.05) is 109 Å². The van der Waals surface area contributed by atoms with Crippen molar-refractivity contribution < 1.29 is 4.42 Å². The van der Waals surface area contributed by atoms with Crippen molar-refractivity contribution >= 4 is 60.0 Å². The summed E-state index contributed by atoms with van der Waals surface area (Å²) in [6, 6.07) is 52.6. The molecule has 0 bridgehead atoms. The molecule has 0 aliphatic rings. The number of benzene rings is 7. The monoisotopic (exact) mass is 587 g/mol. The second-order valence-electron chi connectivity index (χ2n) is 12.0. The summed E-state index contributed by atoms with van der Waals surface area (Å²) >= 11 is 0. The van der Waals surface area contributed by atoms with Crippen molar-refractivity contribution in [3.63, 3.8) is 0 Å². The molecule has 3 aromatic heterocycles. The fourth-order valence-electron chi connectivity index (χ4n) is 7.49. The molecule has 0 spiro atoms. The highest BCUT2D eigenvalue weighted by Crippen LogP contribution is 2.44. The van der Waals surface area contributed by atoms with Crippen LogP contribution >= 0.6 is 0 Å². The zero-order chi connectivity index (χ0) is 30.4. The molecule has 0 aliphatic heterocycles. The molecule has 0 atom stereocenters. The van der Waals surface area contributed by atoms with Crippen LogP contribution in [0.5, 0.6) is 0 Å². The maximum Gasteiger partial charge on any atom is 0.200 e. The van der Waals surface area contributed by atoms with Gasteiger partial charge in [0.25, 0.3) is 0 Å². The highest BCUT2D eigenvalue weighted by Gasteiger charge is 2.20. The lowest BCUT2D eigenvalue weighted by Crippen LogP contribution is -2.02. The maximum atomic E-state index is 13.3. The number of hydrogen-bond donors (Lipinski definition) is 0. The Balaban J connectivity index is 1.15. The standard InChI is InChI=1S/C43H25NO2/c45-42-35-16-3-6-21-39(35)46-43-31(17-9-18-36(42)43)29-13-8-11-27(25-29)26-10-7-12-28(24-26)30-22-23-33-32-14-1-4-19-37(32)44-38-20-5-2-15-34(38)40(30)41(33)44/h1-25H. The van der Waals surface area contributed by atoms with Gasteiger partial charge in [0.05, 0.1) is 27.3 Å². The zero-order valence-electron chi connectivity index (χ0n) is 24.7. The number of para-hydroxylation sites is 4. The summed E-state index contributed by atoms with van der Waals surface area (Å²) in [6.45, 7) is 0. The number of aromatic nitrogens is 1. The molecule has 10 rings (SSSR count). The van der Waals surface area contributed by atoms with E-state index in [0.29, 0.717) is 21.9 Å². The van der Waals surface area contributed by atoms with Crippen LogP contribution in [-0.4, -0.2) is 4.40 Å². The van der Waals surface area contributed by atoms with Gasteiger partial charge in [0, 0.05) is 27.1 Å². The summed E-state index contributed by atoms with van der Waals surface area (Å²) in [4.78, 5) is 13.3. The Kier molecular flexibility index (Phi) is 5.15. The minimum atomic E-state index is -0.00620. The average molecular weight is 588 g/mol. The normalized spacial score (nSPS) is 12.0. The second-order valence-corrected chi connectivity index (χ2v) is 12.0. The first-order chi connectivity index (χ1) is 22.7. The van der Waals surface area contributed by atoms with E-state index >= 15 is 0 Å². The summed E-state index contributed by atoms with van der Waals surface area (Å²) in [5.41, 5.74) is 11.5. The van der Waals surface area contributed by atoms with Gasteiger partial charge in [0.15, 0.2) is 0 Å². The van der Waals surface area contributed by atoms with Crippen molar-refractivity contribution in [1.82, 2.24) is 4.40 Å². The number of hydrogen-bond acceptors (Lipinski definition) is 2. The quantitative estimate of drug-likeness (QED) is 0.193. The van der Waals surface area contributed by atoms with E-state index in [4.69, 9.17) is 4.42 Å². The molecule has 0 fully saturated rings. The van der Waals surface area contributed by atoms with Crippen molar-refractivity contribution in [2.75, 3.05) is 0 Å². The topological polar surface area (TPSA) is 34.6 Å². The zero-order valence-corrected chi connectivity index (χ0v) is 24.7. The molecular weight excluding hydrogens is 562 g/mol. The third kappa shape index (κ3) is 3.45. The first-order valence-corrected chi connectivity index (χ1v) is 15.6. The molecule has 214 valence electrons. The first kappa shape index (κ1) is 25.2. The third-order valence-corrected chi connectivity index (χ3v) is 9.53. The molecule has 46 heavy (non-hydrogen) atoms. The molecule has 0 saturated carbocycles. The molecule has 0 N–H and O–H groups in total. The van der Waals surface area contributed by atoms with Crippen molar-refractivity contribution in [2.24, 2.45) is 0 Å². The lowest BCUT2D eigenvalue weighted by Gasteiger charge is -2.11. The minimum Gasteiger partial charge on any atom is -0.455 e. The van der Waals surface area contributed by atoms with E-state index in [9.17, 15) is 4.79 Å². The van der Waals surface area contributed by atoms with Gasteiger partial charge in [0.2, 0.25) is 5.43 Å². The van der Waals surface area contributed by atoms with Gasteiger partial charge in [-0.2, -0.15) is 0 Å². The fourth-order valence-corrected chi connectivity index (χ4v) is 7.49. The molecule has 0 aliphatic carbocycles. The summed E-state index contributed by atoms with van der Waals surface area (Å²) in [7, 11) is 0. The van der Waals surface area contributed by atoms with E-state index in [-0.39, 0.29) is 5.43 Å². The minimum absolute atomic E-state index is 0.00620. The Bertz CT molecular complexity index is 2890. The van der Waals surface area contributed by atoms with Crippen LogP contribution in [0.15, 0.2) is 161 Å². The molecule has 3 nitrogen and oxygen atoms in total. The molecule has 3 heteroatoms. The molecular formula is C43H25NO2. The predicted molar refractivity (Wildman–Crippen MR) is 191 cm³/mol. The van der Waals surface area contributed by atoms with E-state index in [1.54, 1.807) is 0 Å². The van der Waals surface area contributed by atoms with E-state index in [2.05, 4.69) is 114 Å². The van der Waals surface area contributed by atoms with Crippen LogP contribution < -0.4 is 5.43 Å². The third-order valence-electron chi connectivity index (χ3n) is 9.53. The number of fused-ring (bicyclic) bond motifs is 8. The van der Waals surface area contributed by atoms with Crippen molar-refractivity contribution in [3.05, 3.63) is 162 Å². The van der Waals surface area contributed by atoms with Crippen molar-refractivity contribution in [2.45, 2.75) is 0 Å². The van der Waals surface area contributed by atoms with E-state index in [1.165, 1.54) is 49.2 Å². The Morgan fingerprint density at radius 1 is 0.435 bits per heavy atom. The highest BCUT2D eigenvalue weighted by molar-refractivity contribution is 6.27. The second kappa shape index (κ2) is 9.40. The Labute approximate surface area is 263 Å². The van der Waals surface area contributed by atoms with Gasteiger partial charge in [-0.3, -0.25) is 4.79 Å². The maximum absolute atomic E-state index is 13.3. The van der Waals surface area contributed by atoms with Crippen molar-refractivity contribution in [1.29, 1.82) is 0 Å². The Hall–Kier alpha value is -6.19. The van der Waals surface area contributed by atoms with Crippen LogP contribution in [0.2, 0.25) is 0 Å². The summed E-state index contributed by atoms with van der Waals surface area (Å²) < 4.78 is 8.78. The fraction of sp³-hybridized carbons (Fsp3) is 0. The van der Waals surface area contributed by atoms with Gasteiger partial charge in [-0.05, 0) is 70.3 Å². The van der Waals surface area contributed by atoms with Gasteiger partial charge in [0.1, 0.15) is 11.2 Å². The molecule has 0 saturated heterocycles. The first-order valence-electron chi connectivity index (χ1n) is 15.6. The molecule has 7 aromatic carbocycles. The van der Waals surface area contributed by atoms with Crippen LogP contribution in [0.25, 0.3) is 93.4 Å². The van der Waals surface area contributed by atoms with Crippen LogP contribution in [0.3, 0.4) is 0 Å². The van der Waals surface area contributed by atoms with Gasteiger partial charge in [-0.15, -0.1) is 0 Å². The molecule has 0 unspecified atom stereocenters. The lowest BCUT2D eigenvalue weighted by molar-refractivity contribution is 0.661. The van der Waals surface area contributed by atoms with Crippen LogP contribution in [-0.2, 0) is 0 Å². The lowest BCUT2D eigenvalue weighted by atomic mass is 9.93. The Morgan fingerprint density at radius 2 is 1.02 bits per heavy atom. The smallest absolute Gasteiger partial charge is 0.200 e. The predicted octanol–water partition coefficient (Wildman–Crippen LogP) is 11.1. The summed E-state index contributed by atoms with van der Waals surface area (Å²) in [6.07, 6.45) is 0. The van der Waals surface area contributed by atoms with Crippen LogP contribution in [0.4, 0.5) is 0 Å². The number of rotatable bonds is 3. The molecule has 0 amide bonds. The average Bonchev–Trinajstić information content (AvgIpc) is 3.64. The van der Waals surface area contributed by atoms with E-state index < -0.39 is 0 Å². The highest BCUT2D eigenvalue weighted by atomic mass is 16.3. The van der Waals surface area contributed by atoms with Crippen LogP contribution in [0, 0.1) is 0 Å². The molecule has 0 radical (unpaired) electrons. The largest absolute Gasteiger partial charge is 0.455 e. The van der Waals surface area contributed by atoms with Crippen LogP contribution in [0.1, 0.15) is 0 Å². The van der Waals surface area contributed by atoms with Gasteiger partial charge < -0.3 is 8.82 Å². The summed E-state index contributed by atoms with van der Waals surface area (Å²) in [5.74, 6) is 0. The molecule has 3 heterocycles. The van der Waals surface area contributed by atoms with E-state index in [0.717, 1.165) is 22.3 Å². The molecule has 10 aromatic rings. The Morgan fingerprint density at radius 3 is 1.80 bits per heavy atom.